The molecule has 0 aliphatic heterocycles. The van der Waals surface area contributed by atoms with Crippen molar-refractivity contribution in [2.45, 2.75) is 5.41 Å². The van der Waals surface area contributed by atoms with Gasteiger partial charge in [-0.05, 0) is 143 Å². The first-order chi connectivity index (χ1) is 36.2. The monoisotopic (exact) mass is 929 g/mol. The molecule has 0 N–H and O–H groups in total. The number of para-hydroxylation sites is 1. The van der Waals surface area contributed by atoms with E-state index in [2.05, 4.69) is 278 Å². The Morgan fingerprint density at radius 3 is 1.44 bits per heavy atom. The van der Waals surface area contributed by atoms with Crippen LogP contribution in [0.5, 0.6) is 0 Å². The van der Waals surface area contributed by atoms with Crippen molar-refractivity contribution >= 4 is 49.8 Å². The maximum Gasteiger partial charge on any atom is 0.135 e. The van der Waals surface area contributed by atoms with Gasteiger partial charge in [-0.2, -0.15) is 0 Å². The van der Waals surface area contributed by atoms with Crippen LogP contribution in [0, 0.1) is 0 Å². The molecular formula is C71H47NO. The van der Waals surface area contributed by atoms with E-state index in [1.807, 2.05) is 12.1 Å². The minimum atomic E-state index is -0.486. The molecule has 2 heteroatoms. The average molecular weight is 930 g/mol. The van der Waals surface area contributed by atoms with Crippen LogP contribution in [-0.2, 0) is 5.41 Å². The van der Waals surface area contributed by atoms with E-state index in [0.29, 0.717) is 0 Å². The molecule has 2 nitrogen and oxygen atoms in total. The van der Waals surface area contributed by atoms with Crippen LogP contribution < -0.4 is 4.90 Å². The summed E-state index contributed by atoms with van der Waals surface area (Å²) in [6.07, 6.45) is 0. The fraction of sp³-hybridized carbons (Fsp3) is 0.0141. The Morgan fingerprint density at radius 2 is 0.753 bits per heavy atom. The zero-order chi connectivity index (χ0) is 48.3. The van der Waals surface area contributed by atoms with Gasteiger partial charge in [-0.3, -0.25) is 0 Å². The standard InChI is InChI=1S/C71H47NO/c1-4-18-49(19-5-1)58-43-44-59(62-27-11-10-26-61(58)62)50-36-41-56(42-37-50)72(55-39-34-48(35-40-55)51-38-45-69-65(47-51)63-28-13-15-33-68(63)73-69)57-25-16-20-52(46-57)60-30-17-32-67-70(60)64-29-12-14-31-66(64)71(67,53-21-6-2-7-22-53)54-23-8-3-9-24-54/h1-47H. The van der Waals surface area contributed by atoms with E-state index in [9.17, 15) is 0 Å². The summed E-state index contributed by atoms with van der Waals surface area (Å²) in [5.41, 5.74) is 21.7. The molecule has 0 amide bonds. The number of furan rings is 1. The maximum atomic E-state index is 6.20. The van der Waals surface area contributed by atoms with E-state index >= 15 is 0 Å². The number of hydrogen-bond acceptors (Lipinski definition) is 2. The summed E-state index contributed by atoms with van der Waals surface area (Å²) in [5, 5.41) is 4.73. The SMILES string of the molecule is c1ccc(-c2ccc(-c3ccc(N(c4ccc(-c5ccc6oc7ccccc7c6c5)cc4)c4cccc(-c5cccc6c5-c5ccccc5C6(c5ccccc5)c5ccccc5)c4)cc3)c3ccccc23)cc1. The Morgan fingerprint density at radius 1 is 0.260 bits per heavy atom. The van der Waals surface area contributed by atoms with Gasteiger partial charge in [-0.25, -0.2) is 0 Å². The van der Waals surface area contributed by atoms with Gasteiger partial charge >= 0.3 is 0 Å². The van der Waals surface area contributed by atoms with Gasteiger partial charge < -0.3 is 9.32 Å². The van der Waals surface area contributed by atoms with Crippen molar-refractivity contribution in [2.75, 3.05) is 4.90 Å². The summed E-state index contributed by atoms with van der Waals surface area (Å²) in [4.78, 5) is 2.40. The minimum absolute atomic E-state index is 0.486. The molecule has 0 radical (unpaired) electrons. The molecule has 0 saturated carbocycles. The first kappa shape index (κ1) is 42.4. The van der Waals surface area contributed by atoms with Crippen molar-refractivity contribution in [1.82, 2.24) is 0 Å². The molecule has 73 heavy (non-hydrogen) atoms. The number of hydrogen-bond donors (Lipinski definition) is 0. The first-order valence-electron chi connectivity index (χ1n) is 25.2. The molecule has 1 aromatic heterocycles. The molecule has 0 spiro atoms. The van der Waals surface area contributed by atoms with Crippen molar-refractivity contribution in [3.05, 3.63) is 307 Å². The summed E-state index contributed by atoms with van der Waals surface area (Å²) in [6.45, 7) is 0. The smallest absolute Gasteiger partial charge is 0.135 e. The van der Waals surface area contributed by atoms with Crippen LogP contribution in [0.15, 0.2) is 290 Å². The van der Waals surface area contributed by atoms with Gasteiger partial charge in [0, 0.05) is 27.8 Å². The topological polar surface area (TPSA) is 16.4 Å². The normalized spacial score (nSPS) is 12.5. The van der Waals surface area contributed by atoms with Gasteiger partial charge in [0.15, 0.2) is 0 Å². The average Bonchev–Trinajstić information content (AvgIpc) is 4.00. The quantitative estimate of drug-likeness (QED) is 0.143. The number of rotatable bonds is 9. The summed E-state index contributed by atoms with van der Waals surface area (Å²) < 4.78 is 6.20. The highest BCUT2D eigenvalue weighted by Crippen LogP contribution is 2.58. The molecule has 12 aromatic carbocycles. The maximum absolute atomic E-state index is 6.20. The zero-order valence-corrected chi connectivity index (χ0v) is 40.0. The Labute approximate surface area is 425 Å². The van der Waals surface area contributed by atoms with Crippen LogP contribution in [0.2, 0.25) is 0 Å². The highest BCUT2D eigenvalue weighted by Gasteiger charge is 2.46. The summed E-state index contributed by atoms with van der Waals surface area (Å²) >= 11 is 0. The van der Waals surface area contributed by atoms with Gasteiger partial charge in [-0.1, -0.05) is 231 Å². The van der Waals surface area contributed by atoms with Crippen molar-refractivity contribution < 1.29 is 4.42 Å². The predicted molar refractivity (Wildman–Crippen MR) is 305 cm³/mol. The molecular weight excluding hydrogens is 883 g/mol. The molecule has 13 aromatic rings. The van der Waals surface area contributed by atoms with Crippen molar-refractivity contribution in [3.63, 3.8) is 0 Å². The fourth-order valence-corrected chi connectivity index (χ4v) is 11.9. The Bertz CT molecular complexity index is 4130. The number of nitrogens with zero attached hydrogens (tertiary/aromatic N) is 1. The van der Waals surface area contributed by atoms with Crippen LogP contribution in [-0.4, -0.2) is 0 Å². The Kier molecular flexibility index (Phi) is 10.1. The number of benzene rings is 12. The van der Waals surface area contributed by atoms with E-state index in [1.54, 1.807) is 0 Å². The van der Waals surface area contributed by atoms with E-state index in [1.165, 1.54) is 72.0 Å². The zero-order valence-electron chi connectivity index (χ0n) is 40.0. The third-order valence-electron chi connectivity index (χ3n) is 15.2. The second-order valence-corrected chi connectivity index (χ2v) is 19.1. The van der Waals surface area contributed by atoms with Crippen LogP contribution >= 0.6 is 0 Å². The van der Waals surface area contributed by atoms with Crippen LogP contribution in [0.3, 0.4) is 0 Å². The molecule has 14 rings (SSSR count). The van der Waals surface area contributed by atoms with Crippen molar-refractivity contribution in [1.29, 1.82) is 0 Å². The first-order valence-corrected chi connectivity index (χ1v) is 25.2. The van der Waals surface area contributed by atoms with Crippen molar-refractivity contribution in [2.24, 2.45) is 0 Å². The summed E-state index contributed by atoms with van der Waals surface area (Å²) in [5.74, 6) is 0. The molecule has 342 valence electrons. The highest BCUT2D eigenvalue weighted by molar-refractivity contribution is 6.07. The van der Waals surface area contributed by atoms with Crippen LogP contribution in [0.1, 0.15) is 22.3 Å². The lowest BCUT2D eigenvalue weighted by Crippen LogP contribution is -2.28. The van der Waals surface area contributed by atoms with E-state index < -0.39 is 5.41 Å². The largest absolute Gasteiger partial charge is 0.456 e. The van der Waals surface area contributed by atoms with E-state index in [0.717, 1.165) is 55.7 Å². The lowest BCUT2D eigenvalue weighted by Gasteiger charge is -2.34. The van der Waals surface area contributed by atoms with Crippen LogP contribution in [0.4, 0.5) is 17.1 Å². The second-order valence-electron chi connectivity index (χ2n) is 19.1. The molecule has 0 saturated heterocycles. The van der Waals surface area contributed by atoms with Crippen LogP contribution in [0.25, 0.3) is 88.3 Å². The Hall–Kier alpha value is -9.50. The molecule has 1 aliphatic rings. The molecule has 0 atom stereocenters. The lowest BCUT2D eigenvalue weighted by atomic mass is 9.67. The summed E-state index contributed by atoms with van der Waals surface area (Å²) in [7, 11) is 0. The second kappa shape index (κ2) is 17.4. The van der Waals surface area contributed by atoms with E-state index in [4.69, 9.17) is 4.42 Å². The van der Waals surface area contributed by atoms with Crippen molar-refractivity contribution in [3.8, 4) is 55.6 Å². The van der Waals surface area contributed by atoms with Gasteiger partial charge in [-0.15, -0.1) is 0 Å². The van der Waals surface area contributed by atoms with Gasteiger partial charge in [0.2, 0.25) is 0 Å². The number of anilines is 3. The Balaban J connectivity index is 0.908. The van der Waals surface area contributed by atoms with E-state index in [-0.39, 0.29) is 0 Å². The van der Waals surface area contributed by atoms with Gasteiger partial charge in [0.25, 0.3) is 0 Å². The third kappa shape index (κ3) is 6.94. The minimum Gasteiger partial charge on any atom is -0.456 e. The molecule has 1 heterocycles. The van der Waals surface area contributed by atoms with Gasteiger partial charge in [0.05, 0.1) is 5.41 Å². The van der Waals surface area contributed by atoms with Gasteiger partial charge in [0.1, 0.15) is 11.2 Å². The molecule has 0 unspecified atom stereocenters. The lowest BCUT2D eigenvalue weighted by molar-refractivity contribution is 0.669. The fourth-order valence-electron chi connectivity index (χ4n) is 11.9. The third-order valence-corrected chi connectivity index (χ3v) is 15.2. The summed E-state index contributed by atoms with van der Waals surface area (Å²) in [6, 6.07) is 104. The molecule has 0 fully saturated rings. The number of fused-ring (bicyclic) bond motifs is 7. The predicted octanol–water partition coefficient (Wildman–Crippen LogP) is 19.2. The highest BCUT2D eigenvalue weighted by atomic mass is 16.3. The molecule has 1 aliphatic carbocycles. The molecule has 0 bridgehead atoms.